The van der Waals surface area contributed by atoms with Gasteiger partial charge in [0.05, 0.1) is 5.38 Å². The Morgan fingerprint density at radius 1 is 1.78 bits per heavy atom. The first-order valence-corrected chi connectivity index (χ1v) is 3.47. The van der Waals surface area contributed by atoms with Crippen LogP contribution in [0.15, 0.2) is 0 Å². The van der Waals surface area contributed by atoms with E-state index in [-0.39, 0.29) is 18.0 Å². The molecular weight excluding hydrogens is 163 g/mol. The van der Waals surface area contributed by atoms with Gasteiger partial charge in [-0.25, -0.2) is 0 Å². The molecule has 0 saturated carbocycles. The molecule has 0 unspecified atom stereocenters. The van der Waals surface area contributed by atoms with E-state index in [4.69, 9.17) is 23.2 Å². The Hall–Kier alpha value is 0.0500. The standard InChI is InChI=1S/C5H8Cl2O2/c1-4(8)9-3-5(7)2-6/h5H,2-3H2,1H3/t5-/m1/s1. The van der Waals surface area contributed by atoms with E-state index in [2.05, 4.69) is 4.74 Å². The number of halogens is 2. The first-order valence-electron chi connectivity index (χ1n) is 2.50. The maximum Gasteiger partial charge on any atom is 0.302 e. The van der Waals surface area contributed by atoms with Gasteiger partial charge in [-0.1, -0.05) is 0 Å². The third kappa shape index (κ3) is 5.93. The van der Waals surface area contributed by atoms with E-state index in [0.717, 1.165) is 0 Å². The number of rotatable bonds is 3. The number of carbonyl (C=O) groups is 1. The van der Waals surface area contributed by atoms with Gasteiger partial charge in [-0.3, -0.25) is 4.79 Å². The van der Waals surface area contributed by atoms with Crippen molar-refractivity contribution in [3.05, 3.63) is 0 Å². The molecule has 0 bridgehead atoms. The van der Waals surface area contributed by atoms with Crippen LogP contribution < -0.4 is 0 Å². The Bertz CT molecular complexity index is 95.0. The topological polar surface area (TPSA) is 26.3 Å². The van der Waals surface area contributed by atoms with Crippen molar-refractivity contribution in [1.29, 1.82) is 0 Å². The summed E-state index contributed by atoms with van der Waals surface area (Å²) in [6.45, 7) is 1.53. The van der Waals surface area contributed by atoms with E-state index in [1.54, 1.807) is 0 Å². The molecule has 0 aromatic heterocycles. The van der Waals surface area contributed by atoms with Crippen LogP contribution >= 0.6 is 23.2 Å². The van der Waals surface area contributed by atoms with Gasteiger partial charge in [0.25, 0.3) is 0 Å². The maximum absolute atomic E-state index is 10.1. The first kappa shape index (κ1) is 9.05. The highest BCUT2D eigenvalue weighted by molar-refractivity contribution is 6.28. The van der Waals surface area contributed by atoms with Crippen LogP contribution in [0.3, 0.4) is 0 Å². The van der Waals surface area contributed by atoms with Gasteiger partial charge in [0.1, 0.15) is 6.61 Å². The molecule has 0 rings (SSSR count). The minimum Gasteiger partial charge on any atom is -0.464 e. The van der Waals surface area contributed by atoms with Gasteiger partial charge in [0, 0.05) is 12.8 Å². The number of esters is 1. The molecule has 0 amide bonds. The van der Waals surface area contributed by atoms with Crippen LogP contribution in [0.4, 0.5) is 0 Å². The summed E-state index contributed by atoms with van der Waals surface area (Å²) in [7, 11) is 0. The van der Waals surface area contributed by atoms with Crippen molar-refractivity contribution >= 4 is 29.2 Å². The van der Waals surface area contributed by atoms with E-state index in [0.29, 0.717) is 5.88 Å². The zero-order chi connectivity index (χ0) is 7.28. The number of carbonyl (C=O) groups excluding carboxylic acids is 1. The van der Waals surface area contributed by atoms with E-state index in [9.17, 15) is 4.79 Å². The number of alkyl halides is 2. The molecule has 1 atom stereocenters. The normalized spacial score (nSPS) is 12.8. The molecule has 0 heterocycles. The molecule has 0 fully saturated rings. The van der Waals surface area contributed by atoms with Crippen molar-refractivity contribution in [2.24, 2.45) is 0 Å². The molecule has 0 spiro atoms. The van der Waals surface area contributed by atoms with Gasteiger partial charge in [-0.05, 0) is 0 Å². The summed E-state index contributed by atoms with van der Waals surface area (Å²) in [5.74, 6) is -0.0276. The fourth-order valence-corrected chi connectivity index (χ4v) is 0.404. The molecule has 54 valence electrons. The molecule has 2 nitrogen and oxygen atoms in total. The average Bonchev–Trinajstić information content (AvgIpc) is 1.83. The van der Waals surface area contributed by atoms with Crippen LogP contribution in [0.25, 0.3) is 0 Å². The van der Waals surface area contributed by atoms with Crippen molar-refractivity contribution in [1.82, 2.24) is 0 Å². The molecule has 0 radical (unpaired) electrons. The van der Waals surface area contributed by atoms with Gasteiger partial charge in [0.2, 0.25) is 0 Å². The summed E-state index contributed by atoms with van der Waals surface area (Å²) in [6, 6.07) is 0. The van der Waals surface area contributed by atoms with Crippen molar-refractivity contribution in [3.8, 4) is 0 Å². The lowest BCUT2D eigenvalue weighted by Gasteiger charge is -2.03. The fraction of sp³-hybridized carbons (Fsp3) is 0.800. The zero-order valence-electron chi connectivity index (χ0n) is 5.06. The largest absolute Gasteiger partial charge is 0.464 e. The van der Waals surface area contributed by atoms with Crippen LogP contribution in [-0.4, -0.2) is 23.8 Å². The van der Waals surface area contributed by atoms with Gasteiger partial charge in [0.15, 0.2) is 0 Å². The SMILES string of the molecule is CC(=O)OC[C@H](Cl)CCl. The van der Waals surface area contributed by atoms with Crippen LogP contribution in [-0.2, 0) is 9.53 Å². The summed E-state index contributed by atoms with van der Waals surface area (Å²) in [4.78, 5) is 10.1. The van der Waals surface area contributed by atoms with Gasteiger partial charge >= 0.3 is 5.97 Å². The highest BCUT2D eigenvalue weighted by Gasteiger charge is 2.02. The predicted molar refractivity (Wildman–Crippen MR) is 37.0 cm³/mol. The lowest BCUT2D eigenvalue weighted by Crippen LogP contribution is -2.12. The van der Waals surface area contributed by atoms with Gasteiger partial charge in [-0.15, -0.1) is 23.2 Å². The van der Waals surface area contributed by atoms with Crippen LogP contribution in [0.5, 0.6) is 0 Å². The molecule has 0 aliphatic rings. The van der Waals surface area contributed by atoms with E-state index >= 15 is 0 Å². The second kappa shape index (κ2) is 4.89. The first-order chi connectivity index (χ1) is 4.16. The molecule has 0 aliphatic carbocycles. The Balaban J connectivity index is 3.16. The molecule has 0 N–H and O–H groups in total. The molecule has 0 saturated heterocycles. The highest BCUT2D eigenvalue weighted by Crippen LogP contribution is 1.98. The maximum atomic E-state index is 10.1. The van der Waals surface area contributed by atoms with Crippen LogP contribution in [0, 0.1) is 0 Å². The Labute approximate surface area is 64.1 Å². The molecule has 0 aromatic rings. The number of hydrogen-bond acceptors (Lipinski definition) is 2. The lowest BCUT2D eigenvalue weighted by molar-refractivity contribution is -0.140. The van der Waals surface area contributed by atoms with Crippen molar-refractivity contribution in [2.45, 2.75) is 12.3 Å². The number of ether oxygens (including phenoxy) is 1. The second-order valence-corrected chi connectivity index (χ2v) is 2.48. The van der Waals surface area contributed by atoms with E-state index < -0.39 is 0 Å². The Morgan fingerprint density at radius 2 is 2.33 bits per heavy atom. The van der Waals surface area contributed by atoms with Gasteiger partial charge in [-0.2, -0.15) is 0 Å². The zero-order valence-corrected chi connectivity index (χ0v) is 6.58. The second-order valence-electron chi connectivity index (χ2n) is 1.55. The third-order valence-electron chi connectivity index (χ3n) is 0.635. The van der Waals surface area contributed by atoms with Crippen molar-refractivity contribution in [2.75, 3.05) is 12.5 Å². The van der Waals surface area contributed by atoms with E-state index in [1.807, 2.05) is 0 Å². The molecule has 0 aliphatic heterocycles. The van der Waals surface area contributed by atoms with E-state index in [1.165, 1.54) is 6.92 Å². The summed E-state index contributed by atoms with van der Waals surface area (Å²) >= 11 is 10.8. The summed E-state index contributed by atoms with van der Waals surface area (Å²) < 4.78 is 4.54. The van der Waals surface area contributed by atoms with Crippen molar-refractivity contribution in [3.63, 3.8) is 0 Å². The molecule has 9 heavy (non-hydrogen) atoms. The van der Waals surface area contributed by atoms with Crippen LogP contribution in [0.2, 0.25) is 0 Å². The fourth-order valence-electron chi connectivity index (χ4n) is 0.252. The summed E-state index contributed by atoms with van der Waals surface area (Å²) in [6.07, 6.45) is 0. The third-order valence-corrected chi connectivity index (χ3v) is 1.45. The Morgan fingerprint density at radius 3 is 2.67 bits per heavy atom. The summed E-state index contributed by atoms with van der Waals surface area (Å²) in [5, 5.41) is -0.268. The minimum atomic E-state index is -0.328. The number of hydrogen-bond donors (Lipinski definition) is 0. The van der Waals surface area contributed by atoms with Crippen LogP contribution in [0.1, 0.15) is 6.92 Å². The molecule has 0 aromatic carbocycles. The Kier molecular flexibility index (Phi) is 4.91. The van der Waals surface area contributed by atoms with Gasteiger partial charge < -0.3 is 4.74 Å². The molecule has 4 heteroatoms. The summed E-state index contributed by atoms with van der Waals surface area (Å²) in [5.41, 5.74) is 0. The average molecular weight is 171 g/mol. The smallest absolute Gasteiger partial charge is 0.302 e. The quantitative estimate of drug-likeness (QED) is 0.473. The lowest BCUT2D eigenvalue weighted by atomic mass is 10.5. The minimum absolute atomic E-state index is 0.195. The monoisotopic (exact) mass is 170 g/mol. The molecular formula is C5H8Cl2O2. The van der Waals surface area contributed by atoms with Crippen molar-refractivity contribution < 1.29 is 9.53 Å². The predicted octanol–water partition coefficient (Wildman–Crippen LogP) is 1.40. The highest BCUT2D eigenvalue weighted by atomic mass is 35.5.